The van der Waals surface area contributed by atoms with Crippen LogP contribution in [0.2, 0.25) is 0 Å². The Hall–Kier alpha value is -3.93. The number of nitrogens with zero attached hydrogens (tertiary/aromatic N) is 1. The van der Waals surface area contributed by atoms with Crippen molar-refractivity contribution < 1.29 is 18.7 Å². The summed E-state index contributed by atoms with van der Waals surface area (Å²) < 4.78 is 10.8. The Bertz CT molecular complexity index is 1200. The smallest absolute Gasteiger partial charge is 0.331 e. The fraction of sp³-hybridized carbons (Fsp3) is 0.125. The molecule has 6 heteroatoms. The summed E-state index contributed by atoms with van der Waals surface area (Å²) in [6.07, 6.45) is 4.62. The van der Waals surface area contributed by atoms with Crippen LogP contribution in [0, 0.1) is 0 Å². The van der Waals surface area contributed by atoms with Crippen LogP contribution in [0.3, 0.4) is 0 Å². The second-order valence-electron chi connectivity index (χ2n) is 6.84. The predicted molar refractivity (Wildman–Crippen MR) is 115 cm³/mol. The first-order valence-electron chi connectivity index (χ1n) is 9.56. The van der Waals surface area contributed by atoms with Crippen molar-refractivity contribution in [1.82, 2.24) is 10.3 Å². The summed E-state index contributed by atoms with van der Waals surface area (Å²) in [4.78, 5) is 28.5. The molecule has 2 aromatic carbocycles. The number of ether oxygens (including phenoxy) is 1. The second kappa shape index (κ2) is 8.61. The van der Waals surface area contributed by atoms with Gasteiger partial charge in [-0.3, -0.25) is 9.78 Å². The third-order valence-electron chi connectivity index (χ3n) is 4.66. The van der Waals surface area contributed by atoms with Gasteiger partial charge in [-0.15, -0.1) is 0 Å². The number of hydrogen-bond donors (Lipinski definition) is 1. The summed E-state index contributed by atoms with van der Waals surface area (Å²) in [5.41, 5.74) is 2.35. The highest BCUT2D eigenvalue weighted by molar-refractivity contribution is 5.93. The van der Waals surface area contributed by atoms with Crippen molar-refractivity contribution in [3.8, 4) is 0 Å². The number of aromatic nitrogens is 1. The first kappa shape index (κ1) is 19.4. The monoisotopic (exact) mass is 400 g/mol. The zero-order chi connectivity index (χ0) is 20.9. The van der Waals surface area contributed by atoms with E-state index < -0.39 is 11.9 Å². The third kappa shape index (κ3) is 4.38. The van der Waals surface area contributed by atoms with Crippen molar-refractivity contribution in [2.24, 2.45) is 0 Å². The molecule has 0 aliphatic rings. The van der Waals surface area contributed by atoms with E-state index in [-0.39, 0.29) is 12.6 Å². The van der Waals surface area contributed by atoms with Crippen LogP contribution < -0.4 is 5.32 Å². The Morgan fingerprint density at radius 1 is 1.10 bits per heavy atom. The Balaban J connectivity index is 1.32. The molecular formula is C24H20N2O4. The normalized spacial score (nSPS) is 12.3. The van der Waals surface area contributed by atoms with Crippen molar-refractivity contribution >= 4 is 39.8 Å². The second-order valence-corrected chi connectivity index (χ2v) is 6.84. The molecule has 1 amide bonds. The maximum atomic E-state index is 12.1. The van der Waals surface area contributed by atoms with Crippen LogP contribution in [0.1, 0.15) is 24.3 Å². The Kier molecular flexibility index (Phi) is 5.57. The number of esters is 1. The van der Waals surface area contributed by atoms with Crippen molar-refractivity contribution in [2.45, 2.75) is 13.0 Å². The summed E-state index contributed by atoms with van der Waals surface area (Å²) in [5, 5.41) is 4.71. The van der Waals surface area contributed by atoms with Crippen molar-refractivity contribution in [2.75, 3.05) is 6.61 Å². The lowest BCUT2D eigenvalue weighted by atomic mass is 10.1. The van der Waals surface area contributed by atoms with E-state index in [2.05, 4.69) is 10.3 Å². The minimum absolute atomic E-state index is 0.346. The largest absolute Gasteiger partial charge is 0.459 e. The minimum Gasteiger partial charge on any atom is -0.459 e. The number of nitrogens with one attached hydrogen (secondary N) is 1. The number of hydrogen-bond acceptors (Lipinski definition) is 5. The average Bonchev–Trinajstić information content (AvgIpc) is 3.21. The van der Waals surface area contributed by atoms with Crippen LogP contribution in [0.5, 0.6) is 0 Å². The molecule has 30 heavy (non-hydrogen) atoms. The molecule has 0 saturated carbocycles. The standard InChI is InChI=1S/C24H20N2O4/c1-16(21-14-19-6-2-3-10-20(19)30-21)26-22(27)15-29-23(28)12-11-18-8-4-7-17-9-5-13-25-24(17)18/h2-14,16H,15H2,1H3,(H,26,27)/b12-11+/t16-/m0/s1. The number of amides is 1. The van der Waals surface area contributed by atoms with Gasteiger partial charge in [0.05, 0.1) is 11.6 Å². The molecule has 6 nitrogen and oxygen atoms in total. The molecule has 4 rings (SSSR count). The molecule has 2 heterocycles. The molecule has 1 N–H and O–H groups in total. The maximum absolute atomic E-state index is 12.1. The average molecular weight is 400 g/mol. The van der Waals surface area contributed by atoms with Gasteiger partial charge in [0.2, 0.25) is 0 Å². The molecule has 0 saturated heterocycles. The topological polar surface area (TPSA) is 81.4 Å². The molecule has 4 aromatic rings. The predicted octanol–water partition coefficient (Wildman–Crippen LogP) is 4.41. The van der Waals surface area contributed by atoms with E-state index in [0.717, 1.165) is 27.4 Å². The van der Waals surface area contributed by atoms with E-state index in [1.165, 1.54) is 6.08 Å². The van der Waals surface area contributed by atoms with Crippen LogP contribution in [-0.2, 0) is 14.3 Å². The molecule has 0 radical (unpaired) electrons. The molecule has 1 atom stereocenters. The van der Waals surface area contributed by atoms with E-state index in [1.807, 2.05) is 67.6 Å². The van der Waals surface area contributed by atoms with E-state index in [4.69, 9.17) is 9.15 Å². The fourth-order valence-electron chi connectivity index (χ4n) is 3.17. The summed E-state index contributed by atoms with van der Waals surface area (Å²) in [6, 6.07) is 18.7. The maximum Gasteiger partial charge on any atom is 0.331 e. The zero-order valence-electron chi connectivity index (χ0n) is 16.4. The number of rotatable bonds is 6. The minimum atomic E-state index is -0.602. The van der Waals surface area contributed by atoms with E-state index in [9.17, 15) is 9.59 Å². The highest BCUT2D eigenvalue weighted by atomic mass is 16.5. The zero-order valence-corrected chi connectivity index (χ0v) is 16.4. The molecule has 150 valence electrons. The molecule has 0 aliphatic heterocycles. The van der Waals surface area contributed by atoms with Gasteiger partial charge in [-0.25, -0.2) is 4.79 Å². The number of furan rings is 1. The van der Waals surface area contributed by atoms with Gasteiger partial charge in [0.25, 0.3) is 5.91 Å². The van der Waals surface area contributed by atoms with Crippen molar-refractivity contribution in [3.05, 3.63) is 84.3 Å². The van der Waals surface area contributed by atoms with E-state index >= 15 is 0 Å². The van der Waals surface area contributed by atoms with Crippen molar-refractivity contribution in [3.63, 3.8) is 0 Å². The number of fused-ring (bicyclic) bond motifs is 2. The summed E-state index contributed by atoms with van der Waals surface area (Å²) in [6.45, 7) is 1.44. The summed E-state index contributed by atoms with van der Waals surface area (Å²) >= 11 is 0. The molecule has 0 fully saturated rings. The number of para-hydroxylation sites is 2. The molecule has 0 aliphatic carbocycles. The van der Waals surface area contributed by atoms with E-state index in [1.54, 1.807) is 12.3 Å². The number of benzene rings is 2. The first-order valence-corrected chi connectivity index (χ1v) is 9.56. The third-order valence-corrected chi connectivity index (χ3v) is 4.66. The van der Waals surface area contributed by atoms with Gasteiger partial charge in [0, 0.05) is 28.6 Å². The Labute approximate surface area is 173 Å². The van der Waals surface area contributed by atoms with Gasteiger partial charge < -0.3 is 14.5 Å². The van der Waals surface area contributed by atoms with Gasteiger partial charge in [-0.2, -0.15) is 0 Å². The molecule has 0 bridgehead atoms. The van der Waals surface area contributed by atoms with Crippen LogP contribution >= 0.6 is 0 Å². The highest BCUT2D eigenvalue weighted by Crippen LogP contribution is 2.23. The molecule has 2 aromatic heterocycles. The van der Waals surface area contributed by atoms with Gasteiger partial charge in [-0.1, -0.05) is 42.5 Å². The highest BCUT2D eigenvalue weighted by Gasteiger charge is 2.15. The van der Waals surface area contributed by atoms with E-state index in [0.29, 0.717) is 5.76 Å². The summed E-state index contributed by atoms with van der Waals surface area (Å²) in [5.74, 6) is -0.370. The van der Waals surface area contributed by atoms with Gasteiger partial charge in [-0.05, 0) is 31.2 Å². The van der Waals surface area contributed by atoms with Crippen LogP contribution in [0.4, 0.5) is 0 Å². The lowest BCUT2D eigenvalue weighted by molar-refractivity contribution is -0.144. The van der Waals surface area contributed by atoms with Gasteiger partial charge in [0.15, 0.2) is 6.61 Å². The Morgan fingerprint density at radius 2 is 1.90 bits per heavy atom. The molecule has 0 spiro atoms. The fourth-order valence-corrected chi connectivity index (χ4v) is 3.17. The SMILES string of the molecule is C[C@H](NC(=O)COC(=O)/C=C/c1cccc2cccnc12)c1cc2ccccc2o1. The van der Waals surface area contributed by atoms with Crippen LogP contribution in [0.15, 0.2) is 77.4 Å². The molecule has 0 unspecified atom stereocenters. The van der Waals surface area contributed by atoms with Crippen LogP contribution in [-0.4, -0.2) is 23.5 Å². The number of pyridine rings is 1. The Morgan fingerprint density at radius 3 is 2.77 bits per heavy atom. The van der Waals surface area contributed by atoms with Gasteiger partial charge >= 0.3 is 5.97 Å². The lowest BCUT2D eigenvalue weighted by Gasteiger charge is -2.11. The van der Waals surface area contributed by atoms with Crippen molar-refractivity contribution in [1.29, 1.82) is 0 Å². The lowest BCUT2D eigenvalue weighted by Crippen LogP contribution is -2.30. The van der Waals surface area contributed by atoms with Crippen LogP contribution in [0.25, 0.3) is 27.9 Å². The number of carbonyl (C=O) groups excluding carboxylic acids is 2. The van der Waals surface area contributed by atoms with Gasteiger partial charge in [0.1, 0.15) is 11.3 Å². The number of carbonyl (C=O) groups is 2. The quantitative estimate of drug-likeness (QED) is 0.383. The first-order chi connectivity index (χ1) is 14.6. The molecular weight excluding hydrogens is 380 g/mol. The summed E-state index contributed by atoms with van der Waals surface area (Å²) in [7, 11) is 0.